The number of nitrogens with zero attached hydrogens (tertiary/aromatic N) is 3. The van der Waals surface area contributed by atoms with E-state index in [0.29, 0.717) is 40.3 Å². The highest BCUT2D eigenvalue weighted by Crippen LogP contribution is 2.36. The van der Waals surface area contributed by atoms with Crippen molar-refractivity contribution in [3.05, 3.63) is 91.9 Å². The lowest BCUT2D eigenvalue weighted by Crippen LogP contribution is -2.21. The summed E-state index contributed by atoms with van der Waals surface area (Å²) >= 11 is 9.85. The number of carbonyl (C=O) groups is 1. The maximum atomic E-state index is 13.0. The number of rotatable bonds is 8. The molecule has 10 heteroatoms. The predicted molar refractivity (Wildman–Crippen MR) is 145 cm³/mol. The number of aromatic nitrogens is 2. The fraction of sp³-hybridized carbons (Fsp3) is 0.154. The van der Waals surface area contributed by atoms with Crippen molar-refractivity contribution in [3.8, 4) is 11.5 Å². The summed E-state index contributed by atoms with van der Waals surface area (Å²) in [6.45, 7) is 3.62. The van der Waals surface area contributed by atoms with E-state index in [0.717, 1.165) is 4.47 Å². The van der Waals surface area contributed by atoms with E-state index in [1.807, 2.05) is 31.2 Å². The molecule has 4 rings (SSSR count). The first-order valence-electron chi connectivity index (χ1n) is 11.0. The highest BCUT2D eigenvalue weighted by atomic mass is 79.9. The molecule has 0 aliphatic heterocycles. The Balaban J connectivity index is 1.58. The number of hydrogen-bond acceptors (Lipinski definition) is 6. The van der Waals surface area contributed by atoms with Crippen LogP contribution in [0.1, 0.15) is 18.3 Å². The van der Waals surface area contributed by atoms with E-state index in [1.54, 1.807) is 43.3 Å². The summed E-state index contributed by atoms with van der Waals surface area (Å²) in [5, 5.41) is 7.76. The number of ether oxygens (including phenoxy) is 2. The van der Waals surface area contributed by atoms with Crippen molar-refractivity contribution in [1.82, 2.24) is 9.66 Å². The van der Waals surface area contributed by atoms with Gasteiger partial charge >= 0.3 is 0 Å². The number of halogens is 2. The molecule has 0 spiro atoms. The molecule has 3 aromatic carbocycles. The Morgan fingerprint density at radius 2 is 1.94 bits per heavy atom. The molecule has 1 N–H and O–H groups in total. The Kier molecular flexibility index (Phi) is 8.02. The number of carbonyl (C=O) groups excluding carboxylic acids is 1. The molecule has 1 amide bonds. The number of anilines is 1. The minimum Gasteiger partial charge on any atom is -0.490 e. The Morgan fingerprint density at radius 3 is 2.69 bits per heavy atom. The third-order valence-electron chi connectivity index (χ3n) is 5.03. The van der Waals surface area contributed by atoms with Crippen molar-refractivity contribution in [2.24, 2.45) is 5.10 Å². The van der Waals surface area contributed by atoms with E-state index in [1.165, 1.54) is 10.9 Å². The fourth-order valence-corrected chi connectivity index (χ4v) is 4.08. The van der Waals surface area contributed by atoms with E-state index in [2.05, 4.69) is 31.3 Å². The van der Waals surface area contributed by atoms with E-state index in [4.69, 9.17) is 21.1 Å². The molecule has 0 atom stereocenters. The van der Waals surface area contributed by atoms with Crippen LogP contribution in [-0.2, 0) is 4.79 Å². The van der Waals surface area contributed by atoms with Crippen molar-refractivity contribution >= 4 is 56.2 Å². The minimum absolute atomic E-state index is 0.236. The third-order valence-corrected chi connectivity index (χ3v) is 5.80. The van der Waals surface area contributed by atoms with Crippen molar-refractivity contribution in [2.75, 3.05) is 18.5 Å². The van der Waals surface area contributed by atoms with Gasteiger partial charge in [-0.3, -0.25) is 9.59 Å². The molecule has 0 aliphatic carbocycles. The molecule has 0 radical (unpaired) electrons. The Bertz CT molecular complexity index is 1510. The first kappa shape index (κ1) is 25.4. The average molecular weight is 570 g/mol. The number of hydrogen-bond donors (Lipinski definition) is 1. The van der Waals surface area contributed by atoms with E-state index in [9.17, 15) is 9.59 Å². The van der Waals surface area contributed by atoms with Gasteiger partial charge in [-0.1, -0.05) is 45.7 Å². The molecular weight excluding hydrogens is 548 g/mol. The second kappa shape index (κ2) is 11.4. The lowest BCUT2D eigenvalue weighted by molar-refractivity contribution is -0.118. The number of fused-ring (bicyclic) bond motifs is 1. The van der Waals surface area contributed by atoms with Gasteiger partial charge < -0.3 is 14.8 Å². The highest BCUT2D eigenvalue weighted by Gasteiger charge is 2.15. The normalized spacial score (nSPS) is 11.1. The van der Waals surface area contributed by atoms with Crippen LogP contribution in [-0.4, -0.2) is 35.0 Å². The molecule has 0 saturated carbocycles. The maximum Gasteiger partial charge on any atom is 0.282 e. The molecule has 184 valence electrons. The number of aryl methyl sites for hydroxylation is 1. The number of nitrogens with one attached hydrogen (secondary N) is 1. The van der Waals surface area contributed by atoms with Gasteiger partial charge in [0, 0.05) is 10.2 Å². The predicted octanol–water partition coefficient (Wildman–Crippen LogP) is 5.42. The van der Waals surface area contributed by atoms with Crippen LogP contribution in [0, 0.1) is 6.92 Å². The summed E-state index contributed by atoms with van der Waals surface area (Å²) < 4.78 is 13.4. The highest BCUT2D eigenvalue weighted by molar-refractivity contribution is 9.10. The summed E-state index contributed by atoms with van der Waals surface area (Å²) in [5.74, 6) is 0.690. The Labute approximate surface area is 220 Å². The van der Waals surface area contributed by atoms with Crippen LogP contribution < -0.4 is 20.3 Å². The van der Waals surface area contributed by atoms with Crippen LogP contribution in [0.5, 0.6) is 11.5 Å². The molecular formula is C26H22BrClN4O4. The first-order chi connectivity index (χ1) is 17.4. The van der Waals surface area contributed by atoms with Gasteiger partial charge in [0.2, 0.25) is 0 Å². The standard InChI is InChI=1S/C26H22BrClN4O4/c1-3-35-23-12-17(11-21(28)25(23)36-15-24(33)31-19-7-5-4-6-8-19)14-29-32-16(2)30-22-10-9-18(27)13-20(22)26(32)34/h4-14H,3,15H2,1-2H3,(H,31,33). The maximum absolute atomic E-state index is 13.0. The van der Waals surface area contributed by atoms with E-state index >= 15 is 0 Å². The summed E-state index contributed by atoms with van der Waals surface area (Å²) in [5.41, 5.74) is 1.53. The van der Waals surface area contributed by atoms with Crippen LogP contribution in [0.4, 0.5) is 5.69 Å². The smallest absolute Gasteiger partial charge is 0.282 e. The minimum atomic E-state index is -0.337. The van der Waals surface area contributed by atoms with Crippen LogP contribution in [0.2, 0.25) is 5.02 Å². The third kappa shape index (κ3) is 5.92. The van der Waals surface area contributed by atoms with Crippen molar-refractivity contribution < 1.29 is 14.3 Å². The first-order valence-corrected chi connectivity index (χ1v) is 12.2. The molecule has 36 heavy (non-hydrogen) atoms. The lowest BCUT2D eigenvalue weighted by Gasteiger charge is -2.14. The topological polar surface area (TPSA) is 94.8 Å². The zero-order valence-electron chi connectivity index (χ0n) is 19.5. The molecule has 8 nitrogen and oxygen atoms in total. The monoisotopic (exact) mass is 568 g/mol. The van der Waals surface area contributed by atoms with Crippen molar-refractivity contribution in [1.29, 1.82) is 0 Å². The Hall–Kier alpha value is -3.69. The van der Waals surface area contributed by atoms with Crippen LogP contribution in [0.15, 0.2) is 75.0 Å². The summed E-state index contributed by atoms with van der Waals surface area (Å²) in [6.07, 6.45) is 1.49. The van der Waals surface area contributed by atoms with Gasteiger partial charge in [0.25, 0.3) is 11.5 Å². The number of benzene rings is 3. The van der Waals surface area contributed by atoms with Crippen molar-refractivity contribution in [3.63, 3.8) is 0 Å². The zero-order chi connectivity index (χ0) is 25.7. The summed E-state index contributed by atoms with van der Waals surface area (Å²) in [4.78, 5) is 29.7. The molecule has 1 aromatic heterocycles. The van der Waals surface area contributed by atoms with Gasteiger partial charge in [0.15, 0.2) is 18.1 Å². The van der Waals surface area contributed by atoms with Gasteiger partial charge in [-0.2, -0.15) is 9.78 Å². The van der Waals surface area contributed by atoms with Gasteiger partial charge in [0.05, 0.1) is 28.7 Å². The van der Waals surface area contributed by atoms with Gasteiger partial charge in [-0.25, -0.2) is 4.98 Å². The molecule has 0 bridgehead atoms. The second-order valence-corrected chi connectivity index (χ2v) is 8.97. The van der Waals surface area contributed by atoms with E-state index in [-0.39, 0.29) is 28.8 Å². The molecule has 0 saturated heterocycles. The summed E-state index contributed by atoms with van der Waals surface area (Å²) in [7, 11) is 0. The average Bonchev–Trinajstić information content (AvgIpc) is 2.85. The zero-order valence-corrected chi connectivity index (χ0v) is 21.8. The number of para-hydroxylation sites is 1. The van der Waals surface area contributed by atoms with Gasteiger partial charge in [0.1, 0.15) is 5.82 Å². The quantitative estimate of drug-likeness (QED) is 0.286. The summed E-state index contributed by atoms with van der Waals surface area (Å²) in [6, 6.07) is 17.7. The molecule has 4 aromatic rings. The lowest BCUT2D eigenvalue weighted by atomic mass is 10.2. The molecule has 0 unspecified atom stereocenters. The van der Waals surface area contributed by atoms with Crippen LogP contribution in [0.25, 0.3) is 10.9 Å². The van der Waals surface area contributed by atoms with Crippen LogP contribution in [0.3, 0.4) is 0 Å². The molecule has 1 heterocycles. The SMILES string of the molecule is CCOc1cc(C=Nn2c(C)nc3ccc(Br)cc3c2=O)cc(Cl)c1OCC(=O)Nc1ccccc1. The van der Waals surface area contributed by atoms with Crippen LogP contribution >= 0.6 is 27.5 Å². The largest absolute Gasteiger partial charge is 0.490 e. The molecule has 0 aliphatic rings. The Morgan fingerprint density at radius 1 is 1.17 bits per heavy atom. The van der Waals surface area contributed by atoms with Gasteiger partial charge in [-0.15, -0.1) is 0 Å². The molecule has 0 fully saturated rings. The second-order valence-electron chi connectivity index (χ2n) is 7.65. The van der Waals surface area contributed by atoms with E-state index < -0.39 is 0 Å². The number of amides is 1. The van der Waals surface area contributed by atoms with Crippen molar-refractivity contribution in [2.45, 2.75) is 13.8 Å². The van der Waals surface area contributed by atoms with Gasteiger partial charge in [-0.05, 0) is 61.9 Å². The fourth-order valence-electron chi connectivity index (χ4n) is 3.44.